The van der Waals surface area contributed by atoms with Gasteiger partial charge in [-0.3, -0.25) is 14.4 Å². The number of ether oxygens (including phenoxy) is 2. The van der Waals surface area contributed by atoms with Crippen molar-refractivity contribution in [2.24, 2.45) is 0 Å². The van der Waals surface area contributed by atoms with Gasteiger partial charge in [-0.15, -0.1) is 0 Å². The number of rotatable bonds is 3. The van der Waals surface area contributed by atoms with Crippen molar-refractivity contribution in [3.63, 3.8) is 0 Å². The first kappa shape index (κ1) is 11.7. The zero-order valence-electron chi connectivity index (χ0n) is 10.2. The minimum absolute atomic E-state index is 0.0750. The van der Waals surface area contributed by atoms with E-state index in [1.807, 2.05) is 16.9 Å². The molecule has 0 spiro atoms. The number of hydrogen-bond donors (Lipinski definition) is 0. The molecule has 0 radical (unpaired) electrons. The van der Waals surface area contributed by atoms with E-state index >= 15 is 0 Å². The van der Waals surface area contributed by atoms with Crippen LogP contribution in [0.25, 0.3) is 0 Å². The Morgan fingerprint density at radius 3 is 3.11 bits per heavy atom. The third-order valence-electron chi connectivity index (χ3n) is 3.47. The molecule has 2 fully saturated rings. The highest BCUT2D eigenvalue weighted by molar-refractivity contribution is 5.77. The quantitative estimate of drug-likeness (QED) is 0.702. The van der Waals surface area contributed by atoms with E-state index in [2.05, 4.69) is 10.00 Å². The van der Waals surface area contributed by atoms with Crippen molar-refractivity contribution >= 4 is 5.97 Å². The molecule has 6 nitrogen and oxygen atoms in total. The summed E-state index contributed by atoms with van der Waals surface area (Å²) >= 11 is 0. The topological polar surface area (TPSA) is 56.6 Å². The second kappa shape index (κ2) is 5.07. The predicted octanol–water partition coefficient (Wildman–Crippen LogP) is -0.101. The van der Waals surface area contributed by atoms with Crippen molar-refractivity contribution in [1.29, 1.82) is 0 Å². The van der Waals surface area contributed by atoms with Crippen LogP contribution in [0.1, 0.15) is 6.42 Å². The van der Waals surface area contributed by atoms with Gasteiger partial charge in [0.25, 0.3) is 0 Å². The number of carbonyl (C=O) groups is 1. The van der Waals surface area contributed by atoms with Crippen LogP contribution in [0.4, 0.5) is 0 Å². The van der Waals surface area contributed by atoms with Crippen molar-refractivity contribution in [1.82, 2.24) is 14.7 Å². The number of aromatic nitrogens is 2. The molecule has 6 heteroatoms. The number of esters is 1. The van der Waals surface area contributed by atoms with E-state index in [1.165, 1.54) is 0 Å². The number of hydrogen-bond acceptors (Lipinski definition) is 5. The van der Waals surface area contributed by atoms with Gasteiger partial charge >= 0.3 is 5.97 Å². The van der Waals surface area contributed by atoms with Gasteiger partial charge in [0.1, 0.15) is 6.04 Å². The standard InChI is InChI=1S/C12H17N3O3/c16-12-11(2-6-18-12)14-5-7-17-10(8-14)9-15-4-1-3-13-15/h1,3-4,10-11H,2,5-9H2/t10-,11+/m1/s1. The molecule has 0 aliphatic carbocycles. The molecule has 0 saturated carbocycles. The maximum atomic E-state index is 11.6. The summed E-state index contributed by atoms with van der Waals surface area (Å²) in [6.45, 7) is 3.50. The lowest BCUT2D eigenvalue weighted by Crippen LogP contribution is -2.50. The van der Waals surface area contributed by atoms with Crippen LogP contribution in [0.2, 0.25) is 0 Å². The summed E-state index contributed by atoms with van der Waals surface area (Å²) in [5, 5.41) is 4.17. The van der Waals surface area contributed by atoms with E-state index in [0.29, 0.717) is 13.2 Å². The lowest BCUT2D eigenvalue weighted by Gasteiger charge is -2.35. The average Bonchev–Trinajstić information content (AvgIpc) is 3.01. The molecular weight excluding hydrogens is 234 g/mol. The maximum Gasteiger partial charge on any atom is 0.323 e. The van der Waals surface area contributed by atoms with Gasteiger partial charge in [0.15, 0.2) is 0 Å². The Morgan fingerprint density at radius 2 is 2.39 bits per heavy atom. The van der Waals surface area contributed by atoms with Gasteiger partial charge in [-0.05, 0) is 6.07 Å². The van der Waals surface area contributed by atoms with Gasteiger partial charge < -0.3 is 9.47 Å². The van der Waals surface area contributed by atoms with Crippen LogP contribution in [0, 0.1) is 0 Å². The Kier molecular flexibility index (Phi) is 3.29. The Morgan fingerprint density at radius 1 is 1.44 bits per heavy atom. The van der Waals surface area contributed by atoms with Crippen LogP contribution in [-0.2, 0) is 20.8 Å². The molecule has 3 rings (SSSR count). The van der Waals surface area contributed by atoms with Gasteiger partial charge in [0, 0.05) is 31.9 Å². The van der Waals surface area contributed by atoms with Crippen LogP contribution in [0.3, 0.4) is 0 Å². The fraction of sp³-hybridized carbons (Fsp3) is 0.667. The van der Waals surface area contributed by atoms with Crippen molar-refractivity contribution in [2.45, 2.75) is 25.1 Å². The molecule has 1 aromatic rings. The molecule has 2 saturated heterocycles. The zero-order valence-corrected chi connectivity index (χ0v) is 10.2. The number of carbonyl (C=O) groups excluding carboxylic acids is 1. The highest BCUT2D eigenvalue weighted by Crippen LogP contribution is 2.18. The van der Waals surface area contributed by atoms with Crippen molar-refractivity contribution in [2.75, 3.05) is 26.3 Å². The van der Waals surface area contributed by atoms with Crippen LogP contribution >= 0.6 is 0 Å². The molecule has 2 aliphatic heterocycles. The summed E-state index contributed by atoms with van der Waals surface area (Å²) in [5.74, 6) is -0.0882. The fourth-order valence-corrected chi connectivity index (χ4v) is 2.57. The molecule has 3 heterocycles. The van der Waals surface area contributed by atoms with E-state index in [-0.39, 0.29) is 18.1 Å². The first-order valence-electron chi connectivity index (χ1n) is 6.32. The van der Waals surface area contributed by atoms with E-state index in [0.717, 1.165) is 26.1 Å². The summed E-state index contributed by atoms with van der Waals surface area (Å²) in [6, 6.07) is 1.82. The largest absolute Gasteiger partial charge is 0.464 e. The number of morpholine rings is 1. The zero-order chi connectivity index (χ0) is 12.4. The second-order valence-corrected chi connectivity index (χ2v) is 4.69. The van der Waals surface area contributed by atoms with E-state index < -0.39 is 0 Å². The molecule has 0 aromatic carbocycles. The Hall–Kier alpha value is -1.40. The molecule has 0 bridgehead atoms. The second-order valence-electron chi connectivity index (χ2n) is 4.69. The molecule has 18 heavy (non-hydrogen) atoms. The minimum Gasteiger partial charge on any atom is -0.464 e. The lowest BCUT2D eigenvalue weighted by molar-refractivity contribution is -0.144. The highest BCUT2D eigenvalue weighted by Gasteiger charge is 2.35. The van der Waals surface area contributed by atoms with Gasteiger partial charge in [-0.2, -0.15) is 5.10 Å². The Bertz CT molecular complexity index is 407. The Labute approximate surface area is 105 Å². The molecule has 2 atom stereocenters. The highest BCUT2D eigenvalue weighted by atomic mass is 16.5. The van der Waals surface area contributed by atoms with Crippen LogP contribution in [0.15, 0.2) is 18.5 Å². The molecular formula is C12H17N3O3. The average molecular weight is 251 g/mol. The third kappa shape index (κ3) is 2.39. The lowest BCUT2D eigenvalue weighted by atomic mass is 10.1. The van der Waals surface area contributed by atoms with Gasteiger partial charge in [-0.1, -0.05) is 0 Å². The predicted molar refractivity (Wildman–Crippen MR) is 62.9 cm³/mol. The smallest absolute Gasteiger partial charge is 0.323 e. The van der Waals surface area contributed by atoms with Crippen molar-refractivity contribution in [3.05, 3.63) is 18.5 Å². The van der Waals surface area contributed by atoms with Gasteiger partial charge in [0.05, 0.1) is 25.9 Å². The maximum absolute atomic E-state index is 11.6. The fourth-order valence-electron chi connectivity index (χ4n) is 2.57. The first-order chi connectivity index (χ1) is 8.83. The summed E-state index contributed by atoms with van der Waals surface area (Å²) < 4.78 is 12.6. The molecule has 0 amide bonds. The van der Waals surface area contributed by atoms with Gasteiger partial charge in [-0.25, -0.2) is 0 Å². The molecule has 98 valence electrons. The summed E-state index contributed by atoms with van der Waals surface area (Å²) in [7, 11) is 0. The van der Waals surface area contributed by atoms with Crippen LogP contribution < -0.4 is 0 Å². The first-order valence-corrected chi connectivity index (χ1v) is 6.32. The summed E-state index contributed by atoms with van der Waals surface area (Å²) in [5.41, 5.74) is 0. The Balaban J connectivity index is 1.59. The van der Waals surface area contributed by atoms with E-state index in [9.17, 15) is 4.79 Å². The molecule has 2 aliphatic rings. The summed E-state index contributed by atoms with van der Waals surface area (Å²) in [4.78, 5) is 13.7. The number of cyclic esters (lactones) is 1. The normalized spacial score (nSPS) is 29.4. The molecule has 0 unspecified atom stereocenters. The molecule has 1 aromatic heterocycles. The summed E-state index contributed by atoms with van der Waals surface area (Å²) in [6.07, 6.45) is 4.57. The minimum atomic E-state index is -0.0882. The van der Waals surface area contributed by atoms with Crippen LogP contribution in [-0.4, -0.2) is 59.1 Å². The van der Waals surface area contributed by atoms with E-state index in [1.54, 1.807) is 6.20 Å². The van der Waals surface area contributed by atoms with Crippen molar-refractivity contribution < 1.29 is 14.3 Å². The van der Waals surface area contributed by atoms with Crippen molar-refractivity contribution in [3.8, 4) is 0 Å². The monoisotopic (exact) mass is 251 g/mol. The third-order valence-corrected chi connectivity index (χ3v) is 3.47. The van der Waals surface area contributed by atoms with Gasteiger partial charge in [0.2, 0.25) is 0 Å². The molecule has 0 N–H and O–H groups in total. The van der Waals surface area contributed by atoms with E-state index in [4.69, 9.17) is 9.47 Å². The van der Waals surface area contributed by atoms with Crippen LogP contribution in [0.5, 0.6) is 0 Å². The SMILES string of the molecule is O=C1OCC[C@@H]1N1CCO[C@@H](Cn2cccn2)C1. The number of nitrogens with zero attached hydrogens (tertiary/aromatic N) is 3.